The lowest BCUT2D eigenvalue weighted by Gasteiger charge is -2.23. The van der Waals surface area contributed by atoms with Crippen molar-refractivity contribution in [2.75, 3.05) is 0 Å². The van der Waals surface area contributed by atoms with E-state index >= 15 is 0 Å². The molecule has 0 saturated heterocycles. The molecule has 1 rings (SSSR count). The minimum atomic E-state index is -1.07. The van der Waals surface area contributed by atoms with Crippen molar-refractivity contribution in [2.45, 2.75) is 38.0 Å². The van der Waals surface area contributed by atoms with E-state index < -0.39 is 11.0 Å². The van der Waals surface area contributed by atoms with Crippen LogP contribution in [0.15, 0.2) is 43.0 Å². The van der Waals surface area contributed by atoms with Crippen LogP contribution in [0, 0.1) is 0 Å². The van der Waals surface area contributed by atoms with Crippen LogP contribution in [0.3, 0.4) is 0 Å². The summed E-state index contributed by atoms with van der Waals surface area (Å²) in [6.45, 7) is 9.65. The highest BCUT2D eigenvalue weighted by molar-refractivity contribution is 7.84. The Bertz CT molecular complexity index is 381. The third-order valence-corrected chi connectivity index (χ3v) is 4.02. The summed E-state index contributed by atoms with van der Waals surface area (Å²) in [7, 11) is -1.07. The van der Waals surface area contributed by atoms with Gasteiger partial charge in [0.15, 0.2) is 0 Å². The van der Waals surface area contributed by atoms with Crippen LogP contribution in [0.5, 0.6) is 0 Å². The predicted octanol–water partition coefficient (Wildman–Crippen LogP) is 3.36. The van der Waals surface area contributed by atoms with Crippen LogP contribution in [0.4, 0.5) is 0 Å². The number of hydrogen-bond donors (Lipinski definition) is 1. The highest BCUT2D eigenvalue weighted by Crippen LogP contribution is 2.20. The topological polar surface area (TPSA) is 29.1 Å². The summed E-state index contributed by atoms with van der Waals surface area (Å²) in [6, 6.07) is 10.1. The molecular formula is C14H21NOS. The average Bonchev–Trinajstić information content (AvgIpc) is 2.28. The van der Waals surface area contributed by atoms with Gasteiger partial charge in [0.2, 0.25) is 0 Å². The van der Waals surface area contributed by atoms with Gasteiger partial charge in [-0.1, -0.05) is 36.4 Å². The molecular weight excluding hydrogens is 230 g/mol. The van der Waals surface area contributed by atoms with E-state index in [-0.39, 0.29) is 10.8 Å². The van der Waals surface area contributed by atoms with Crippen LogP contribution in [0.2, 0.25) is 0 Å². The summed E-state index contributed by atoms with van der Waals surface area (Å²) in [4.78, 5) is 0. The van der Waals surface area contributed by atoms with Gasteiger partial charge in [-0.2, -0.15) is 0 Å². The van der Waals surface area contributed by atoms with Crippen molar-refractivity contribution < 1.29 is 4.21 Å². The van der Waals surface area contributed by atoms with Crippen LogP contribution in [-0.2, 0) is 11.0 Å². The largest absolute Gasteiger partial charge is 0.242 e. The van der Waals surface area contributed by atoms with Crippen molar-refractivity contribution >= 4 is 11.0 Å². The molecule has 2 nitrogen and oxygen atoms in total. The minimum Gasteiger partial charge on any atom is -0.242 e. The molecule has 0 fully saturated rings. The maximum Gasteiger partial charge on any atom is 0.0976 e. The van der Waals surface area contributed by atoms with E-state index in [1.807, 2.05) is 57.2 Å². The highest BCUT2D eigenvalue weighted by Gasteiger charge is 2.22. The first-order valence-corrected chi connectivity index (χ1v) is 6.94. The van der Waals surface area contributed by atoms with Crippen LogP contribution in [-0.4, -0.2) is 8.96 Å². The van der Waals surface area contributed by atoms with E-state index in [1.165, 1.54) is 0 Å². The lowest BCUT2D eigenvalue weighted by molar-refractivity contribution is 0.602. The first-order chi connectivity index (χ1) is 7.95. The number of benzene rings is 1. The summed E-state index contributed by atoms with van der Waals surface area (Å²) in [5.41, 5.74) is 1.14. The lowest BCUT2D eigenvalue weighted by atomic mass is 10.1. The summed E-state index contributed by atoms with van der Waals surface area (Å²) in [5.74, 6) is 0. The number of nitrogens with one attached hydrogen (secondary N) is 1. The molecule has 0 aromatic heterocycles. The Kier molecular flexibility index (Phi) is 5.09. The third-order valence-electron chi connectivity index (χ3n) is 2.41. The average molecular weight is 251 g/mol. The molecule has 0 saturated carbocycles. The molecule has 3 heteroatoms. The molecule has 2 atom stereocenters. The van der Waals surface area contributed by atoms with Crippen LogP contribution < -0.4 is 4.72 Å². The predicted molar refractivity (Wildman–Crippen MR) is 75.0 cm³/mol. The molecule has 0 unspecified atom stereocenters. The summed E-state index contributed by atoms with van der Waals surface area (Å²) in [6.07, 6.45) is 2.62. The van der Waals surface area contributed by atoms with Gasteiger partial charge in [0, 0.05) is 6.04 Å². The smallest absolute Gasteiger partial charge is 0.0976 e. The molecule has 0 aliphatic carbocycles. The van der Waals surface area contributed by atoms with Crippen LogP contribution in [0.1, 0.15) is 38.8 Å². The molecule has 1 aromatic rings. The second-order valence-corrected chi connectivity index (χ2v) is 6.98. The maximum absolute atomic E-state index is 12.1. The summed E-state index contributed by atoms with van der Waals surface area (Å²) >= 11 is 0. The van der Waals surface area contributed by atoms with Crippen LogP contribution in [0.25, 0.3) is 0 Å². The fourth-order valence-electron chi connectivity index (χ4n) is 1.41. The van der Waals surface area contributed by atoms with Gasteiger partial charge in [-0.15, -0.1) is 6.58 Å². The van der Waals surface area contributed by atoms with Gasteiger partial charge < -0.3 is 0 Å². The van der Waals surface area contributed by atoms with Gasteiger partial charge in [-0.25, -0.2) is 8.93 Å². The Morgan fingerprint density at radius 2 is 1.94 bits per heavy atom. The third kappa shape index (κ3) is 4.44. The molecule has 0 aliphatic heterocycles. The second kappa shape index (κ2) is 6.12. The Balaban J connectivity index is 2.81. The molecule has 0 bridgehead atoms. The molecule has 94 valence electrons. The summed E-state index contributed by atoms with van der Waals surface area (Å²) in [5, 5.41) is 0. The van der Waals surface area contributed by atoms with E-state index in [0.717, 1.165) is 12.0 Å². The quantitative estimate of drug-likeness (QED) is 0.799. The molecule has 1 aromatic carbocycles. The van der Waals surface area contributed by atoms with Crippen molar-refractivity contribution in [3.05, 3.63) is 48.6 Å². The number of hydrogen-bond acceptors (Lipinski definition) is 1. The van der Waals surface area contributed by atoms with Crippen molar-refractivity contribution in [1.82, 2.24) is 4.72 Å². The SMILES string of the molecule is C=CC[C@H](N[S@](=O)C(C)(C)C)c1ccccc1. The lowest BCUT2D eigenvalue weighted by Crippen LogP contribution is -2.35. The van der Waals surface area contributed by atoms with E-state index in [9.17, 15) is 4.21 Å². The van der Waals surface area contributed by atoms with Gasteiger partial charge in [0.05, 0.1) is 15.7 Å². The Morgan fingerprint density at radius 1 is 1.35 bits per heavy atom. The van der Waals surface area contributed by atoms with E-state index in [0.29, 0.717) is 0 Å². The Hall–Kier alpha value is -0.930. The molecule has 0 aliphatic rings. The molecule has 0 amide bonds. The molecule has 0 heterocycles. The first-order valence-electron chi connectivity index (χ1n) is 5.79. The molecule has 0 spiro atoms. The second-order valence-electron chi connectivity index (χ2n) is 4.99. The minimum absolute atomic E-state index is 0.0637. The fraction of sp³-hybridized carbons (Fsp3) is 0.429. The van der Waals surface area contributed by atoms with Crippen molar-refractivity contribution in [1.29, 1.82) is 0 Å². The first kappa shape index (κ1) is 14.1. The normalized spacial score (nSPS) is 15.2. The van der Waals surface area contributed by atoms with Gasteiger partial charge in [-0.05, 0) is 32.8 Å². The Labute approximate surface area is 107 Å². The van der Waals surface area contributed by atoms with Gasteiger partial charge in [0.1, 0.15) is 0 Å². The van der Waals surface area contributed by atoms with Crippen molar-refractivity contribution in [3.63, 3.8) is 0 Å². The zero-order valence-electron chi connectivity index (χ0n) is 10.8. The van der Waals surface area contributed by atoms with Crippen molar-refractivity contribution in [3.8, 4) is 0 Å². The zero-order valence-corrected chi connectivity index (χ0v) is 11.6. The fourth-order valence-corrected chi connectivity index (χ4v) is 2.25. The molecule has 1 N–H and O–H groups in total. The van der Waals surface area contributed by atoms with Gasteiger partial charge in [0.25, 0.3) is 0 Å². The van der Waals surface area contributed by atoms with Gasteiger partial charge in [-0.3, -0.25) is 0 Å². The van der Waals surface area contributed by atoms with E-state index in [4.69, 9.17) is 0 Å². The van der Waals surface area contributed by atoms with Gasteiger partial charge >= 0.3 is 0 Å². The van der Waals surface area contributed by atoms with Crippen molar-refractivity contribution in [2.24, 2.45) is 0 Å². The van der Waals surface area contributed by atoms with E-state index in [1.54, 1.807) is 0 Å². The Morgan fingerprint density at radius 3 is 2.41 bits per heavy atom. The summed E-state index contributed by atoms with van der Waals surface area (Å²) < 4.78 is 15.0. The molecule has 17 heavy (non-hydrogen) atoms. The monoisotopic (exact) mass is 251 g/mol. The zero-order chi connectivity index (χ0) is 12.9. The molecule has 0 radical (unpaired) electrons. The maximum atomic E-state index is 12.1. The number of rotatable bonds is 5. The standard InChI is InChI=1S/C14H21NOS/c1-5-9-13(12-10-7-6-8-11-12)15-17(16)14(2,3)4/h5-8,10-11,13,15H,1,9H2,2-4H3/t13-,17+/m0/s1. The van der Waals surface area contributed by atoms with E-state index in [2.05, 4.69) is 11.3 Å². The highest BCUT2D eigenvalue weighted by atomic mass is 32.2. The van der Waals surface area contributed by atoms with Crippen LogP contribution >= 0.6 is 0 Å².